The second-order valence-corrected chi connectivity index (χ2v) is 4.01. The Morgan fingerprint density at radius 1 is 1.41 bits per heavy atom. The summed E-state index contributed by atoms with van der Waals surface area (Å²) >= 11 is 6.14. The van der Waals surface area contributed by atoms with E-state index in [-0.39, 0.29) is 0 Å². The number of nitrogens with one attached hydrogen (secondary N) is 1. The second-order valence-electron chi connectivity index (χ2n) is 3.60. The standard InChI is InChI=1S/C12H14ClN3O/c1-14-8-9-5-6-16(15-9)12-7-10(17-2)3-4-11(12)13/h3-7,14H,8H2,1-2H3. The maximum Gasteiger partial charge on any atom is 0.121 e. The van der Waals surface area contributed by atoms with Crippen molar-refractivity contribution in [2.24, 2.45) is 0 Å². The van der Waals surface area contributed by atoms with Crippen LogP contribution in [0.4, 0.5) is 0 Å². The normalized spacial score (nSPS) is 10.5. The molecule has 4 nitrogen and oxygen atoms in total. The number of benzene rings is 1. The summed E-state index contributed by atoms with van der Waals surface area (Å²) in [5, 5.41) is 8.12. The third kappa shape index (κ3) is 2.60. The van der Waals surface area contributed by atoms with Crippen molar-refractivity contribution >= 4 is 11.6 Å². The first-order chi connectivity index (χ1) is 8.24. The molecule has 17 heavy (non-hydrogen) atoms. The van der Waals surface area contributed by atoms with Crippen molar-refractivity contribution < 1.29 is 4.74 Å². The number of methoxy groups -OCH3 is 1. The molecule has 0 unspecified atom stereocenters. The monoisotopic (exact) mass is 251 g/mol. The van der Waals surface area contributed by atoms with E-state index in [0.29, 0.717) is 5.02 Å². The van der Waals surface area contributed by atoms with Gasteiger partial charge in [-0.15, -0.1) is 0 Å². The van der Waals surface area contributed by atoms with E-state index in [0.717, 1.165) is 23.7 Å². The second kappa shape index (κ2) is 5.21. The lowest BCUT2D eigenvalue weighted by Gasteiger charge is -2.06. The predicted octanol–water partition coefficient (Wildman–Crippen LogP) is 2.25. The Balaban J connectivity index is 2.37. The van der Waals surface area contributed by atoms with E-state index in [4.69, 9.17) is 16.3 Å². The molecular formula is C12H14ClN3O. The highest BCUT2D eigenvalue weighted by Crippen LogP contribution is 2.25. The van der Waals surface area contributed by atoms with Crippen LogP contribution in [0.25, 0.3) is 5.69 Å². The summed E-state index contributed by atoms with van der Waals surface area (Å²) in [5.74, 6) is 0.759. The Bertz CT molecular complexity index is 510. The van der Waals surface area contributed by atoms with Crippen molar-refractivity contribution in [3.8, 4) is 11.4 Å². The molecule has 0 spiro atoms. The lowest BCUT2D eigenvalue weighted by atomic mass is 10.3. The van der Waals surface area contributed by atoms with Crippen LogP contribution in [0, 0.1) is 0 Å². The van der Waals surface area contributed by atoms with Gasteiger partial charge in [0.25, 0.3) is 0 Å². The van der Waals surface area contributed by atoms with Crippen LogP contribution in [0.5, 0.6) is 5.75 Å². The SMILES string of the molecule is CNCc1ccn(-c2cc(OC)ccc2Cl)n1. The van der Waals surface area contributed by atoms with E-state index >= 15 is 0 Å². The Hall–Kier alpha value is -1.52. The minimum Gasteiger partial charge on any atom is -0.497 e. The summed E-state index contributed by atoms with van der Waals surface area (Å²) < 4.78 is 6.92. The van der Waals surface area contributed by atoms with Crippen molar-refractivity contribution in [3.05, 3.63) is 41.2 Å². The summed E-state index contributed by atoms with van der Waals surface area (Å²) in [6.07, 6.45) is 1.88. The third-order valence-electron chi connectivity index (χ3n) is 2.40. The van der Waals surface area contributed by atoms with E-state index in [9.17, 15) is 0 Å². The zero-order valence-electron chi connectivity index (χ0n) is 9.77. The highest BCUT2D eigenvalue weighted by Gasteiger charge is 2.06. The van der Waals surface area contributed by atoms with Crippen molar-refractivity contribution in [2.45, 2.75) is 6.54 Å². The zero-order valence-corrected chi connectivity index (χ0v) is 10.5. The van der Waals surface area contributed by atoms with Crippen LogP contribution in [-0.4, -0.2) is 23.9 Å². The molecule has 0 aliphatic rings. The fourth-order valence-corrected chi connectivity index (χ4v) is 1.77. The van der Waals surface area contributed by atoms with E-state index in [1.54, 1.807) is 17.9 Å². The molecule has 0 aliphatic carbocycles. The van der Waals surface area contributed by atoms with E-state index in [1.165, 1.54) is 0 Å². The molecule has 2 rings (SSSR count). The first kappa shape index (κ1) is 12.0. The number of halogens is 1. The number of ether oxygens (including phenoxy) is 1. The lowest BCUT2D eigenvalue weighted by molar-refractivity contribution is 0.414. The Labute approximate surface area is 105 Å². The maximum atomic E-state index is 6.14. The molecule has 0 saturated heterocycles. The van der Waals surface area contributed by atoms with Crippen LogP contribution in [0.2, 0.25) is 5.02 Å². The Kier molecular flexibility index (Phi) is 3.66. The lowest BCUT2D eigenvalue weighted by Crippen LogP contribution is -2.06. The topological polar surface area (TPSA) is 39.1 Å². The highest BCUT2D eigenvalue weighted by molar-refractivity contribution is 6.32. The summed E-state index contributed by atoms with van der Waals surface area (Å²) in [4.78, 5) is 0. The summed E-state index contributed by atoms with van der Waals surface area (Å²) in [6.45, 7) is 0.731. The van der Waals surface area contributed by atoms with Crippen molar-refractivity contribution in [3.63, 3.8) is 0 Å². The largest absolute Gasteiger partial charge is 0.497 e. The average molecular weight is 252 g/mol. The summed E-state index contributed by atoms with van der Waals surface area (Å²) in [7, 11) is 3.51. The first-order valence-electron chi connectivity index (χ1n) is 5.27. The van der Waals surface area contributed by atoms with Gasteiger partial charge in [-0.2, -0.15) is 5.10 Å². The van der Waals surface area contributed by atoms with Crippen LogP contribution in [-0.2, 0) is 6.54 Å². The zero-order chi connectivity index (χ0) is 12.3. The van der Waals surface area contributed by atoms with Gasteiger partial charge in [0.2, 0.25) is 0 Å². The molecule has 0 fully saturated rings. The molecule has 5 heteroatoms. The van der Waals surface area contributed by atoms with Crippen LogP contribution < -0.4 is 10.1 Å². The number of nitrogens with zero attached hydrogens (tertiary/aromatic N) is 2. The molecule has 1 aromatic carbocycles. The third-order valence-corrected chi connectivity index (χ3v) is 2.72. The maximum absolute atomic E-state index is 6.14. The molecule has 0 radical (unpaired) electrons. The van der Waals surface area contributed by atoms with E-state index in [2.05, 4.69) is 10.4 Å². The summed E-state index contributed by atoms with van der Waals surface area (Å²) in [6, 6.07) is 7.43. The number of aromatic nitrogens is 2. The minimum absolute atomic E-state index is 0.643. The number of hydrogen-bond donors (Lipinski definition) is 1. The van der Waals surface area contributed by atoms with E-state index < -0.39 is 0 Å². The van der Waals surface area contributed by atoms with Gasteiger partial charge < -0.3 is 10.1 Å². The van der Waals surface area contributed by atoms with Gasteiger partial charge in [-0.1, -0.05) is 11.6 Å². The fraction of sp³-hybridized carbons (Fsp3) is 0.250. The van der Waals surface area contributed by atoms with Gasteiger partial charge in [0.1, 0.15) is 5.75 Å². The van der Waals surface area contributed by atoms with Crippen molar-refractivity contribution in [2.75, 3.05) is 14.2 Å². The number of hydrogen-bond acceptors (Lipinski definition) is 3. The molecule has 0 bridgehead atoms. The van der Waals surface area contributed by atoms with Gasteiger partial charge in [-0.05, 0) is 25.2 Å². The minimum atomic E-state index is 0.643. The first-order valence-corrected chi connectivity index (χ1v) is 5.65. The molecular weight excluding hydrogens is 238 g/mol. The van der Waals surface area contributed by atoms with Crippen LogP contribution in [0.3, 0.4) is 0 Å². The molecule has 0 amide bonds. The molecule has 90 valence electrons. The molecule has 1 heterocycles. The molecule has 0 aliphatic heterocycles. The smallest absolute Gasteiger partial charge is 0.121 e. The van der Waals surface area contributed by atoms with Gasteiger partial charge in [0.15, 0.2) is 0 Å². The molecule has 0 atom stereocenters. The molecule has 1 aromatic heterocycles. The summed E-state index contributed by atoms with van der Waals surface area (Å²) in [5.41, 5.74) is 1.78. The quantitative estimate of drug-likeness (QED) is 0.906. The molecule has 1 N–H and O–H groups in total. The number of rotatable bonds is 4. The molecule has 2 aromatic rings. The Morgan fingerprint density at radius 3 is 2.94 bits per heavy atom. The van der Waals surface area contributed by atoms with Crippen LogP contribution in [0.15, 0.2) is 30.5 Å². The van der Waals surface area contributed by atoms with E-state index in [1.807, 2.05) is 31.4 Å². The highest BCUT2D eigenvalue weighted by atomic mass is 35.5. The van der Waals surface area contributed by atoms with Gasteiger partial charge in [-0.25, -0.2) is 4.68 Å². The molecule has 0 saturated carbocycles. The van der Waals surface area contributed by atoms with Crippen LogP contribution in [0.1, 0.15) is 5.69 Å². The van der Waals surface area contributed by atoms with Gasteiger partial charge in [0, 0.05) is 18.8 Å². The van der Waals surface area contributed by atoms with Crippen molar-refractivity contribution in [1.82, 2.24) is 15.1 Å². The predicted molar refractivity (Wildman–Crippen MR) is 67.9 cm³/mol. The van der Waals surface area contributed by atoms with Gasteiger partial charge in [0.05, 0.1) is 23.5 Å². The van der Waals surface area contributed by atoms with Gasteiger partial charge in [-0.3, -0.25) is 0 Å². The Morgan fingerprint density at radius 2 is 2.24 bits per heavy atom. The van der Waals surface area contributed by atoms with Crippen molar-refractivity contribution in [1.29, 1.82) is 0 Å². The fourth-order valence-electron chi connectivity index (χ4n) is 1.57. The van der Waals surface area contributed by atoms with Crippen LogP contribution >= 0.6 is 11.6 Å². The average Bonchev–Trinajstić information content (AvgIpc) is 2.79. The van der Waals surface area contributed by atoms with Gasteiger partial charge >= 0.3 is 0 Å².